The molecule has 1 aromatic carbocycles. The molecule has 124 valence electrons. The first-order valence-electron chi connectivity index (χ1n) is 8.38. The number of nitrogens with zero attached hydrogens (tertiary/aromatic N) is 5. The Balaban J connectivity index is 1.57. The Labute approximate surface area is 141 Å². The monoisotopic (exact) mass is 323 g/mol. The maximum atomic E-state index is 5.49. The number of anilines is 1. The Morgan fingerprint density at radius 2 is 2.00 bits per heavy atom. The van der Waals surface area contributed by atoms with E-state index in [0.717, 1.165) is 29.6 Å². The molecule has 0 N–H and O–H groups in total. The molecule has 0 aliphatic heterocycles. The van der Waals surface area contributed by atoms with E-state index < -0.39 is 0 Å². The van der Waals surface area contributed by atoms with Gasteiger partial charge >= 0.3 is 0 Å². The Kier molecular flexibility index (Phi) is 3.80. The summed E-state index contributed by atoms with van der Waals surface area (Å²) in [6.45, 7) is 3.43. The average molecular weight is 323 g/mol. The molecule has 4 rings (SSSR count). The molecule has 0 atom stereocenters. The molecule has 6 nitrogen and oxygen atoms in total. The zero-order valence-corrected chi connectivity index (χ0v) is 14.0. The normalized spacial score (nSPS) is 14.1. The van der Waals surface area contributed by atoms with Gasteiger partial charge in [0.2, 0.25) is 5.65 Å². The topological polar surface area (TPSA) is 55.5 Å². The van der Waals surface area contributed by atoms with Crippen LogP contribution in [0.15, 0.2) is 36.7 Å². The first-order valence-corrected chi connectivity index (χ1v) is 8.38. The summed E-state index contributed by atoms with van der Waals surface area (Å²) in [5.74, 6) is 3.37. The van der Waals surface area contributed by atoms with Gasteiger partial charge in [-0.25, -0.2) is 4.98 Å². The van der Waals surface area contributed by atoms with Crippen LogP contribution in [0.25, 0.3) is 5.65 Å². The van der Waals surface area contributed by atoms with Crippen LogP contribution < -0.4 is 9.64 Å². The van der Waals surface area contributed by atoms with Crippen molar-refractivity contribution in [3.05, 3.63) is 48.0 Å². The molecule has 0 saturated heterocycles. The first kappa shape index (κ1) is 14.9. The molecule has 0 amide bonds. The van der Waals surface area contributed by atoms with Crippen LogP contribution in [0.2, 0.25) is 0 Å². The van der Waals surface area contributed by atoms with Crippen molar-refractivity contribution in [2.45, 2.75) is 32.2 Å². The lowest BCUT2D eigenvalue weighted by Gasteiger charge is -2.18. The minimum Gasteiger partial charge on any atom is -0.494 e. The van der Waals surface area contributed by atoms with Gasteiger partial charge in [0.05, 0.1) is 6.61 Å². The number of aromatic nitrogens is 4. The third-order valence-electron chi connectivity index (χ3n) is 4.29. The van der Waals surface area contributed by atoms with Gasteiger partial charge in [0.25, 0.3) is 0 Å². The molecule has 3 aromatic rings. The Morgan fingerprint density at radius 3 is 2.71 bits per heavy atom. The van der Waals surface area contributed by atoms with E-state index in [2.05, 4.69) is 36.6 Å². The van der Waals surface area contributed by atoms with Crippen molar-refractivity contribution in [3.63, 3.8) is 0 Å². The van der Waals surface area contributed by atoms with Crippen molar-refractivity contribution in [3.8, 4) is 5.75 Å². The zero-order chi connectivity index (χ0) is 16.5. The zero-order valence-electron chi connectivity index (χ0n) is 14.0. The molecule has 0 spiro atoms. The molecule has 24 heavy (non-hydrogen) atoms. The van der Waals surface area contributed by atoms with Crippen molar-refractivity contribution >= 4 is 11.5 Å². The summed E-state index contributed by atoms with van der Waals surface area (Å²) in [6.07, 6.45) is 6.20. The highest BCUT2D eigenvalue weighted by Crippen LogP contribution is 2.39. The van der Waals surface area contributed by atoms with Crippen LogP contribution in [0.4, 0.5) is 5.82 Å². The highest BCUT2D eigenvalue weighted by Gasteiger charge is 2.29. The molecule has 2 heterocycles. The number of hydrogen-bond acceptors (Lipinski definition) is 5. The number of ether oxygens (including phenoxy) is 1. The van der Waals surface area contributed by atoms with E-state index >= 15 is 0 Å². The second-order valence-corrected chi connectivity index (χ2v) is 6.21. The van der Waals surface area contributed by atoms with Gasteiger partial charge in [0, 0.05) is 31.9 Å². The molecule has 1 aliphatic carbocycles. The fourth-order valence-electron chi connectivity index (χ4n) is 2.93. The minimum absolute atomic E-state index is 0.562. The first-order chi connectivity index (χ1) is 11.8. The smallest absolute Gasteiger partial charge is 0.203 e. The van der Waals surface area contributed by atoms with Gasteiger partial charge in [-0.2, -0.15) is 0 Å². The largest absolute Gasteiger partial charge is 0.494 e. The minimum atomic E-state index is 0.562. The van der Waals surface area contributed by atoms with Crippen molar-refractivity contribution in [1.82, 2.24) is 19.6 Å². The average Bonchev–Trinajstić information content (AvgIpc) is 3.35. The third-order valence-corrected chi connectivity index (χ3v) is 4.29. The number of rotatable bonds is 6. The summed E-state index contributed by atoms with van der Waals surface area (Å²) in [7, 11) is 2.03. The maximum absolute atomic E-state index is 5.49. The van der Waals surface area contributed by atoms with E-state index in [1.54, 1.807) is 0 Å². The van der Waals surface area contributed by atoms with E-state index in [4.69, 9.17) is 4.74 Å². The van der Waals surface area contributed by atoms with Crippen LogP contribution in [0, 0.1) is 0 Å². The molecule has 1 aliphatic rings. The summed E-state index contributed by atoms with van der Waals surface area (Å²) < 4.78 is 7.57. The van der Waals surface area contributed by atoms with Gasteiger partial charge in [0.15, 0.2) is 5.82 Å². The fourth-order valence-corrected chi connectivity index (χ4v) is 2.93. The van der Waals surface area contributed by atoms with Gasteiger partial charge < -0.3 is 9.64 Å². The van der Waals surface area contributed by atoms with Gasteiger partial charge in [-0.3, -0.25) is 4.40 Å². The summed E-state index contributed by atoms with van der Waals surface area (Å²) >= 11 is 0. The molecule has 6 heteroatoms. The van der Waals surface area contributed by atoms with Crippen LogP contribution in [-0.2, 0) is 6.54 Å². The van der Waals surface area contributed by atoms with E-state index in [1.165, 1.54) is 18.4 Å². The van der Waals surface area contributed by atoms with Gasteiger partial charge in [-0.1, -0.05) is 12.1 Å². The molecule has 0 radical (unpaired) electrons. The highest BCUT2D eigenvalue weighted by molar-refractivity contribution is 5.63. The fraction of sp³-hybridized carbons (Fsp3) is 0.389. The van der Waals surface area contributed by atoms with E-state index in [0.29, 0.717) is 12.5 Å². The molecule has 2 aromatic heterocycles. The van der Waals surface area contributed by atoms with Crippen molar-refractivity contribution < 1.29 is 4.74 Å². The van der Waals surface area contributed by atoms with Crippen molar-refractivity contribution in [1.29, 1.82) is 0 Å². The second-order valence-electron chi connectivity index (χ2n) is 6.21. The molecule has 0 bridgehead atoms. The highest BCUT2D eigenvalue weighted by atomic mass is 16.5. The van der Waals surface area contributed by atoms with Crippen LogP contribution in [0.5, 0.6) is 5.75 Å². The summed E-state index contributed by atoms with van der Waals surface area (Å²) in [5, 5.41) is 8.74. The van der Waals surface area contributed by atoms with Crippen LogP contribution >= 0.6 is 0 Å². The molecule has 0 unspecified atom stereocenters. The van der Waals surface area contributed by atoms with Crippen molar-refractivity contribution in [2.24, 2.45) is 0 Å². The SMILES string of the molecule is CCOc1ccc(CN(C)c2nccn3c(C4CC4)nnc23)cc1. The predicted octanol–water partition coefficient (Wildman–Crippen LogP) is 3.04. The van der Waals surface area contributed by atoms with Gasteiger partial charge in [-0.15, -0.1) is 10.2 Å². The number of fused-ring (bicyclic) bond motifs is 1. The van der Waals surface area contributed by atoms with Crippen LogP contribution in [-0.4, -0.2) is 33.2 Å². The molecule has 1 saturated carbocycles. The lowest BCUT2D eigenvalue weighted by molar-refractivity contribution is 0.340. The summed E-state index contributed by atoms with van der Waals surface area (Å²) in [4.78, 5) is 6.63. The quantitative estimate of drug-likeness (QED) is 0.698. The number of benzene rings is 1. The summed E-state index contributed by atoms with van der Waals surface area (Å²) in [5.41, 5.74) is 2.03. The molecule has 1 fully saturated rings. The van der Waals surface area contributed by atoms with Crippen LogP contribution in [0.1, 0.15) is 37.1 Å². The van der Waals surface area contributed by atoms with E-state index in [1.807, 2.05) is 38.5 Å². The Morgan fingerprint density at radius 1 is 1.21 bits per heavy atom. The van der Waals surface area contributed by atoms with Gasteiger partial charge in [-0.05, 0) is 37.5 Å². The molecular formula is C18H21N5O. The molecular weight excluding hydrogens is 302 g/mol. The van der Waals surface area contributed by atoms with Gasteiger partial charge in [0.1, 0.15) is 11.6 Å². The Bertz CT molecular complexity index is 838. The predicted molar refractivity (Wildman–Crippen MR) is 92.5 cm³/mol. The number of hydrogen-bond donors (Lipinski definition) is 0. The summed E-state index contributed by atoms with van der Waals surface area (Å²) in [6, 6.07) is 8.17. The lowest BCUT2D eigenvalue weighted by Crippen LogP contribution is -2.18. The lowest BCUT2D eigenvalue weighted by atomic mass is 10.2. The standard InChI is InChI=1S/C18H21N5O/c1-3-24-15-8-4-13(5-9-15)12-22(2)17-18-21-20-16(14-6-7-14)23(18)11-10-19-17/h4-5,8-11,14H,3,6-7,12H2,1-2H3. The maximum Gasteiger partial charge on any atom is 0.203 e. The Hall–Kier alpha value is -2.63. The van der Waals surface area contributed by atoms with Crippen LogP contribution in [0.3, 0.4) is 0 Å². The second kappa shape index (κ2) is 6.11. The van der Waals surface area contributed by atoms with Crippen molar-refractivity contribution in [2.75, 3.05) is 18.6 Å². The van der Waals surface area contributed by atoms with E-state index in [-0.39, 0.29) is 0 Å². The van der Waals surface area contributed by atoms with E-state index in [9.17, 15) is 0 Å². The third kappa shape index (κ3) is 2.79.